The van der Waals surface area contributed by atoms with Gasteiger partial charge in [-0.05, 0) is 49.8 Å². The van der Waals surface area contributed by atoms with Crippen LogP contribution in [0.25, 0.3) is 0 Å². The summed E-state index contributed by atoms with van der Waals surface area (Å²) in [6.07, 6.45) is 5.53. The maximum atomic E-state index is 13.2. The molecule has 1 aromatic heterocycles. The number of hydrogen-bond acceptors (Lipinski definition) is 5. The third kappa shape index (κ3) is 5.37. The minimum atomic E-state index is -0.753. The predicted molar refractivity (Wildman–Crippen MR) is 104 cm³/mol. The summed E-state index contributed by atoms with van der Waals surface area (Å²) >= 11 is 0. The largest absolute Gasteiger partial charge is 0.363 e. The summed E-state index contributed by atoms with van der Waals surface area (Å²) in [5.74, 6) is -0.143. The number of rotatable bonds is 6. The Labute approximate surface area is 163 Å². The van der Waals surface area contributed by atoms with Crippen LogP contribution in [0.2, 0.25) is 0 Å². The van der Waals surface area contributed by atoms with Crippen LogP contribution in [0.4, 0.5) is 20.5 Å². The van der Waals surface area contributed by atoms with E-state index in [-0.39, 0.29) is 5.56 Å². The van der Waals surface area contributed by atoms with Crippen LogP contribution in [0.5, 0.6) is 0 Å². The molecule has 0 bridgehead atoms. The molecule has 0 radical (unpaired) electrons. The highest BCUT2D eigenvalue weighted by Gasteiger charge is 2.22. The van der Waals surface area contributed by atoms with Crippen LogP contribution in [-0.2, 0) is 0 Å². The summed E-state index contributed by atoms with van der Waals surface area (Å²) in [5.41, 5.74) is 0.00535. The molecule has 6 nitrogen and oxygen atoms in total. The van der Waals surface area contributed by atoms with Crippen molar-refractivity contribution in [1.29, 1.82) is 0 Å². The van der Waals surface area contributed by atoms with Crippen LogP contribution in [0, 0.1) is 17.6 Å². The van der Waals surface area contributed by atoms with E-state index in [1.54, 1.807) is 6.20 Å². The zero-order valence-electron chi connectivity index (χ0n) is 16.1. The second-order valence-corrected chi connectivity index (χ2v) is 7.36. The lowest BCUT2D eigenvalue weighted by atomic mass is 9.86. The average Bonchev–Trinajstić information content (AvgIpc) is 2.66. The fourth-order valence-electron chi connectivity index (χ4n) is 3.39. The van der Waals surface area contributed by atoms with E-state index < -0.39 is 17.5 Å². The summed E-state index contributed by atoms with van der Waals surface area (Å²) in [6.45, 7) is 0.496. The molecular formula is C20H25F2N5O. The molecule has 2 N–H and O–H groups in total. The third-order valence-corrected chi connectivity index (χ3v) is 4.96. The van der Waals surface area contributed by atoms with Crippen LogP contribution >= 0.6 is 0 Å². The van der Waals surface area contributed by atoms with Gasteiger partial charge in [-0.3, -0.25) is 4.79 Å². The number of aromatic nitrogens is 2. The first kappa shape index (κ1) is 20.0. The second kappa shape index (κ2) is 8.95. The molecule has 28 heavy (non-hydrogen) atoms. The van der Waals surface area contributed by atoms with Gasteiger partial charge in [0.05, 0.1) is 0 Å². The molecule has 0 spiro atoms. The fraction of sp³-hybridized carbons (Fsp3) is 0.450. The maximum Gasteiger partial charge on any atom is 0.251 e. The normalized spacial score (nSPS) is 19.1. The number of halogens is 2. The minimum absolute atomic E-state index is 0.00535. The molecule has 1 fully saturated rings. The lowest BCUT2D eigenvalue weighted by molar-refractivity contribution is 0.0942. The quantitative estimate of drug-likeness (QED) is 0.794. The van der Waals surface area contributed by atoms with Crippen LogP contribution in [0.1, 0.15) is 36.0 Å². The SMILES string of the molecule is CN(C)c1ccnc(N[C@H]2CC[C@@H](CNC(=O)c3cc(F)cc(F)c3)CC2)n1. The molecule has 1 aliphatic rings. The summed E-state index contributed by atoms with van der Waals surface area (Å²) in [5, 5.41) is 6.16. The first-order chi connectivity index (χ1) is 13.4. The van der Waals surface area contributed by atoms with Gasteiger partial charge >= 0.3 is 0 Å². The number of carbonyl (C=O) groups is 1. The molecule has 8 heteroatoms. The van der Waals surface area contributed by atoms with Crippen LogP contribution < -0.4 is 15.5 Å². The van der Waals surface area contributed by atoms with E-state index in [9.17, 15) is 13.6 Å². The van der Waals surface area contributed by atoms with Gasteiger partial charge in [-0.1, -0.05) is 0 Å². The van der Waals surface area contributed by atoms with Crippen molar-refractivity contribution in [2.45, 2.75) is 31.7 Å². The molecule has 150 valence electrons. The van der Waals surface area contributed by atoms with E-state index in [1.165, 1.54) is 0 Å². The number of anilines is 2. The molecule has 0 atom stereocenters. The Bertz CT molecular complexity index is 802. The summed E-state index contributed by atoms with van der Waals surface area (Å²) in [6, 6.07) is 4.99. The Morgan fingerprint density at radius 1 is 1.14 bits per heavy atom. The van der Waals surface area contributed by atoms with Crippen molar-refractivity contribution < 1.29 is 13.6 Å². The van der Waals surface area contributed by atoms with Crippen LogP contribution in [-0.4, -0.2) is 42.6 Å². The van der Waals surface area contributed by atoms with Crippen LogP contribution in [0.3, 0.4) is 0 Å². The van der Waals surface area contributed by atoms with E-state index in [1.807, 2.05) is 25.1 Å². The van der Waals surface area contributed by atoms with E-state index >= 15 is 0 Å². The standard InChI is InChI=1S/C20H25F2N5O/c1-27(2)18-7-8-23-20(26-18)25-17-5-3-13(4-6-17)12-24-19(28)14-9-15(21)11-16(22)10-14/h7-11,13,17H,3-6,12H2,1-2H3,(H,24,28)(H,23,25,26)/t13-,17+. The first-order valence-electron chi connectivity index (χ1n) is 9.42. The molecule has 1 amide bonds. The maximum absolute atomic E-state index is 13.2. The monoisotopic (exact) mass is 389 g/mol. The number of nitrogens with zero attached hydrogens (tertiary/aromatic N) is 3. The van der Waals surface area contributed by atoms with Gasteiger partial charge < -0.3 is 15.5 Å². The van der Waals surface area contributed by atoms with Gasteiger partial charge in [0.25, 0.3) is 5.91 Å². The van der Waals surface area contributed by atoms with E-state index in [0.29, 0.717) is 24.5 Å². The summed E-state index contributed by atoms with van der Waals surface area (Å²) < 4.78 is 26.5. The van der Waals surface area contributed by atoms with Crippen molar-refractivity contribution in [2.75, 3.05) is 30.9 Å². The predicted octanol–water partition coefficient (Wildman–Crippen LogP) is 3.22. The van der Waals surface area contributed by atoms with Crippen molar-refractivity contribution in [2.24, 2.45) is 5.92 Å². The van der Waals surface area contributed by atoms with Crippen molar-refractivity contribution in [3.8, 4) is 0 Å². The molecule has 1 saturated carbocycles. The fourth-order valence-corrected chi connectivity index (χ4v) is 3.39. The lowest BCUT2D eigenvalue weighted by Crippen LogP contribution is -2.34. The van der Waals surface area contributed by atoms with Crippen molar-refractivity contribution in [1.82, 2.24) is 15.3 Å². The number of amides is 1. The molecule has 0 unspecified atom stereocenters. The Hall–Kier alpha value is -2.77. The molecular weight excluding hydrogens is 364 g/mol. The van der Waals surface area contributed by atoms with Gasteiger partial charge in [-0.25, -0.2) is 13.8 Å². The number of carbonyl (C=O) groups excluding carboxylic acids is 1. The highest BCUT2D eigenvalue weighted by atomic mass is 19.1. The summed E-state index contributed by atoms with van der Waals surface area (Å²) in [7, 11) is 3.87. The van der Waals surface area contributed by atoms with Gasteiger partial charge in [-0.15, -0.1) is 0 Å². The Morgan fingerprint density at radius 2 is 1.82 bits per heavy atom. The Kier molecular flexibility index (Phi) is 6.38. The highest BCUT2D eigenvalue weighted by Crippen LogP contribution is 2.26. The number of benzene rings is 1. The van der Waals surface area contributed by atoms with Gasteiger partial charge in [0.15, 0.2) is 0 Å². The Balaban J connectivity index is 1.45. The van der Waals surface area contributed by atoms with E-state index in [0.717, 1.165) is 49.7 Å². The smallest absolute Gasteiger partial charge is 0.251 e. The van der Waals surface area contributed by atoms with Gasteiger partial charge in [0.2, 0.25) is 5.95 Å². The van der Waals surface area contributed by atoms with Crippen molar-refractivity contribution in [3.05, 3.63) is 47.7 Å². The Morgan fingerprint density at radius 3 is 2.46 bits per heavy atom. The van der Waals surface area contributed by atoms with E-state index in [2.05, 4.69) is 20.6 Å². The minimum Gasteiger partial charge on any atom is -0.363 e. The van der Waals surface area contributed by atoms with Gasteiger partial charge in [0.1, 0.15) is 17.5 Å². The first-order valence-corrected chi connectivity index (χ1v) is 9.42. The molecule has 3 rings (SSSR count). The van der Waals surface area contributed by atoms with Crippen molar-refractivity contribution >= 4 is 17.7 Å². The zero-order valence-corrected chi connectivity index (χ0v) is 16.1. The number of nitrogens with one attached hydrogen (secondary N) is 2. The molecule has 0 saturated heterocycles. The molecule has 0 aliphatic heterocycles. The highest BCUT2D eigenvalue weighted by molar-refractivity contribution is 5.94. The van der Waals surface area contributed by atoms with E-state index in [4.69, 9.17) is 0 Å². The zero-order chi connectivity index (χ0) is 20.1. The van der Waals surface area contributed by atoms with Gasteiger partial charge in [-0.2, -0.15) is 4.98 Å². The molecule has 2 aromatic rings. The van der Waals surface area contributed by atoms with Crippen molar-refractivity contribution in [3.63, 3.8) is 0 Å². The second-order valence-electron chi connectivity index (χ2n) is 7.36. The average molecular weight is 389 g/mol. The topological polar surface area (TPSA) is 70.2 Å². The number of hydrogen-bond donors (Lipinski definition) is 2. The molecule has 1 heterocycles. The van der Waals surface area contributed by atoms with Gasteiger partial charge in [0, 0.05) is 44.5 Å². The molecule has 1 aliphatic carbocycles. The third-order valence-electron chi connectivity index (χ3n) is 4.96. The summed E-state index contributed by atoms with van der Waals surface area (Å²) in [4.78, 5) is 22.8. The van der Waals surface area contributed by atoms with Crippen LogP contribution in [0.15, 0.2) is 30.5 Å². The molecule has 1 aromatic carbocycles. The lowest BCUT2D eigenvalue weighted by Gasteiger charge is -2.29.